The lowest BCUT2D eigenvalue weighted by Crippen LogP contribution is -1.96. The molecule has 0 spiro atoms. The Morgan fingerprint density at radius 3 is 2.60 bits per heavy atom. The molecule has 3 heteroatoms. The molecule has 1 aromatic rings. The average molecular weight is 227 g/mol. The molecule has 0 amide bonds. The van der Waals surface area contributed by atoms with E-state index in [2.05, 4.69) is 0 Å². The van der Waals surface area contributed by atoms with E-state index in [4.69, 9.17) is 16.3 Å². The minimum Gasteiger partial charge on any atom is -0.377 e. The first-order valence-corrected chi connectivity index (χ1v) is 5.47. The monoisotopic (exact) mass is 226 g/mol. The summed E-state index contributed by atoms with van der Waals surface area (Å²) in [7, 11) is 0. The topological polar surface area (TPSA) is 26.3 Å². The van der Waals surface area contributed by atoms with Crippen molar-refractivity contribution in [1.82, 2.24) is 0 Å². The van der Waals surface area contributed by atoms with E-state index in [1.165, 1.54) is 5.56 Å². The van der Waals surface area contributed by atoms with Crippen molar-refractivity contribution in [2.45, 2.75) is 25.9 Å². The predicted molar refractivity (Wildman–Crippen MR) is 60.8 cm³/mol. The summed E-state index contributed by atoms with van der Waals surface area (Å²) in [5, 5.41) is -0.266. The molecule has 0 radical (unpaired) electrons. The maximum Gasteiger partial charge on any atom is 0.221 e. The van der Waals surface area contributed by atoms with E-state index in [-0.39, 0.29) is 5.24 Å². The van der Waals surface area contributed by atoms with E-state index in [0.717, 1.165) is 12.8 Å². The van der Waals surface area contributed by atoms with Gasteiger partial charge in [0, 0.05) is 13.0 Å². The number of halogens is 1. The van der Waals surface area contributed by atoms with Crippen LogP contribution in [-0.4, -0.2) is 11.8 Å². The zero-order chi connectivity index (χ0) is 10.9. The smallest absolute Gasteiger partial charge is 0.221 e. The average Bonchev–Trinajstić information content (AvgIpc) is 2.24. The molecule has 0 saturated heterocycles. The van der Waals surface area contributed by atoms with Gasteiger partial charge in [0.15, 0.2) is 0 Å². The van der Waals surface area contributed by atoms with Crippen molar-refractivity contribution in [3.05, 3.63) is 35.9 Å². The molecular weight excluding hydrogens is 212 g/mol. The molecule has 0 aliphatic heterocycles. The minimum absolute atomic E-state index is 0.266. The molecule has 2 nitrogen and oxygen atoms in total. The summed E-state index contributed by atoms with van der Waals surface area (Å²) in [6.07, 6.45) is 2.12. The summed E-state index contributed by atoms with van der Waals surface area (Å²) in [5.41, 5.74) is 1.17. The van der Waals surface area contributed by atoms with Gasteiger partial charge in [-0.05, 0) is 30.0 Å². The Bertz CT molecular complexity index is 285. The molecule has 0 N–H and O–H groups in total. The van der Waals surface area contributed by atoms with Crippen LogP contribution in [0.25, 0.3) is 0 Å². The van der Waals surface area contributed by atoms with Gasteiger partial charge in [-0.25, -0.2) is 0 Å². The third-order valence-electron chi connectivity index (χ3n) is 2.02. The number of benzene rings is 1. The van der Waals surface area contributed by atoms with Gasteiger partial charge in [0.25, 0.3) is 0 Å². The van der Waals surface area contributed by atoms with Crippen molar-refractivity contribution in [1.29, 1.82) is 0 Å². The number of hydrogen-bond donors (Lipinski definition) is 0. The minimum atomic E-state index is -0.266. The van der Waals surface area contributed by atoms with Crippen LogP contribution in [0.5, 0.6) is 0 Å². The van der Waals surface area contributed by atoms with Crippen LogP contribution >= 0.6 is 11.6 Å². The molecule has 1 rings (SSSR count). The summed E-state index contributed by atoms with van der Waals surface area (Å²) >= 11 is 5.21. The summed E-state index contributed by atoms with van der Waals surface area (Å²) in [6.45, 7) is 1.31. The van der Waals surface area contributed by atoms with Crippen LogP contribution in [0.4, 0.5) is 0 Å². The Labute approximate surface area is 95.2 Å². The summed E-state index contributed by atoms with van der Waals surface area (Å²) in [6, 6.07) is 10.0. The van der Waals surface area contributed by atoms with Crippen LogP contribution in [-0.2, 0) is 16.1 Å². The first-order valence-electron chi connectivity index (χ1n) is 5.09. The van der Waals surface area contributed by atoms with E-state index in [9.17, 15) is 4.79 Å². The number of hydrogen-bond acceptors (Lipinski definition) is 2. The molecule has 0 heterocycles. The number of carbonyl (C=O) groups is 1. The maximum absolute atomic E-state index is 10.4. The molecule has 82 valence electrons. The standard InChI is InChI=1S/C12H15ClO2/c13-12(14)8-4-5-9-15-10-11-6-2-1-3-7-11/h1-3,6-7H,4-5,8-10H2. The first-order chi connectivity index (χ1) is 7.29. The van der Waals surface area contributed by atoms with Crippen molar-refractivity contribution >= 4 is 16.8 Å². The van der Waals surface area contributed by atoms with Crippen LogP contribution in [0.3, 0.4) is 0 Å². The zero-order valence-electron chi connectivity index (χ0n) is 8.62. The van der Waals surface area contributed by atoms with E-state index >= 15 is 0 Å². The van der Waals surface area contributed by atoms with Crippen LogP contribution in [0.1, 0.15) is 24.8 Å². The molecular formula is C12H15ClO2. The number of ether oxygens (including phenoxy) is 1. The van der Waals surface area contributed by atoms with Gasteiger partial charge in [-0.15, -0.1) is 0 Å². The van der Waals surface area contributed by atoms with Gasteiger partial charge >= 0.3 is 0 Å². The van der Waals surface area contributed by atoms with Gasteiger partial charge in [0.05, 0.1) is 6.61 Å². The highest BCUT2D eigenvalue weighted by molar-refractivity contribution is 6.63. The van der Waals surface area contributed by atoms with E-state index in [1.807, 2.05) is 30.3 Å². The second-order valence-corrected chi connectivity index (χ2v) is 3.77. The van der Waals surface area contributed by atoms with Gasteiger partial charge in [0.2, 0.25) is 5.24 Å². The molecule has 0 unspecified atom stereocenters. The quantitative estimate of drug-likeness (QED) is 0.528. The lowest BCUT2D eigenvalue weighted by atomic mass is 10.2. The van der Waals surface area contributed by atoms with E-state index < -0.39 is 0 Å². The second kappa shape index (κ2) is 7.43. The summed E-state index contributed by atoms with van der Waals surface area (Å²) in [5.74, 6) is 0. The normalized spacial score (nSPS) is 10.2. The van der Waals surface area contributed by atoms with Crippen LogP contribution in [0, 0.1) is 0 Å². The molecule has 0 aliphatic rings. The van der Waals surface area contributed by atoms with Crippen molar-refractivity contribution in [3.8, 4) is 0 Å². The van der Waals surface area contributed by atoms with Crippen LogP contribution < -0.4 is 0 Å². The summed E-state index contributed by atoms with van der Waals surface area (Å²) < 4.78 is 5.45. The number of unbranched alkanes of at least 4 members (excludes halogenated alkanes) is 1. The molecule has 0 saturated carbocycles. The number of rotatable bonds is 7. The largest absolute Gasteiger partial charge is 0.377 e. The Balaban J connectivity index is 2.00. The molecule has 0 fully saturated rings. The van der Waals surface area contributed by atoms with Crippen molar-refractivity contribution in [2.24, 2.45) is 0 Å². The maximum atomic E-state index is 10.4. The molecule has 0 aromatic heterocycles. The second-order valence-electron chi connectivity index (χ2n) is 3.35. The fourth-order valence-corrected chi connectivity index (χ4v) is 1.37. The highest BCUT2D eigenvalue weighted by Gasteiger charge is 1.96. The van der Waals surface area contributed by atoms with E-state index in [1.54, 1.807) is 0 Å². The third kappa shape index (κ3) is 6.26. The van der Waals surface area contributed by atoms with Gasteiger partial charge < -0.3 is 4.74 Å². The molecule has 0 aliphatic carbocycles. The van der Waals surface area contributed by atoms with Crippen molar-refractivity contribution < 1.29 is 9.53 Å². The molecule has 1 aromatic carbocycles. The van der Waals surface area contributed by atoms with Gasteiger partial charge in [0.1, 0.15) is 0 Å². The Kier molecular flexibility index (Phi) is 6.05. The van der Waals surface area contributed by atoms with Crippen LogP contribution in [0.15, 0.2) is 30.3 Å². The molecule has 0 atom stereocenters. The van der Waals surface area contributed by atoms with Gasteiger partial charge in [-0.3, -0.25) is 4.79 Å². The van der Waals surface area contributed by atoms with Crippen molar-refractivity contribution in [3.63, 3.8) is 0 Å². The Hall–Kier alpha value is -0.860. The van der Waals surface area contributed by atoms with Crippen LogP contribution in [0.2, 0.25) is 0 Å². The van der Waals surface area contributed by atoms with Gasteiger partial charge in [-0.2, -0.15) is 0 Å². The first kappa shape index (κ1) is 12.2. The Morgan fingerprint density at radius 1 is 1.20 bits per heavy atom. The summed E-state index contributed by atoms with van der Waals surface area (Å²) in [4.78, 5) is 10.4. The Morgan fingerprint density at radius 2 is 1.93 bits per heavy atom. The predicted octanol–water partition coefficient (Wildman–Crippen LogP) is 3.14. The molecule has 15 heavy (non-hydrogen) atoms. The fourth-order valence-electron chi connectivity index (χ4n) is 1.23. The van der Waals surface area contributed by atoms with E-state index in [0.29, 0.717) is 19.6 Å². The highest BCUT2D eigenvalue weighted by atomic mass is 35.5. The lowest BCUT2D eigenvalue weighted by Gasteiger charge is -2.03. The third-order valence-corrected chi connectivity index (χ3v) is 2.21. The SMILES string of the molecule is O=C(Cl)CCCCOCc1ccccc1. The number of carbonyl (C=O) groups excluding carboxylic acids is 1. The van der Waals surface area contributed by atoms with Gasteiger partial charge in [-0.1, -0.05) is 30.3 Å². The zero-order valence-corrected chi connectivity index (χ0v) is 9.37. The fraction of sp³-hybridized carbons (Fsp3) is 0.417. The molecule has 0 bridgehead atoms. The lowest BCUT2D eigenvalue weighted by molar-refractivity contribution is -0.111. The van der Waals surface area contributed by atoms with Crippen molar-refractivity contribution in [2.75, 3.05) is 6.61 Å². The highest BCUT2D eigenvalue weighted by Crippen LogP contribution is 2.03.